The predicted octanol–water partition coefficient (Wildman–Crippen LogP) is 1.03. The third-order valence-corrected chi connectivity index (χ3v) is 2.26. The Labute approximate surface area is 102 Å². The third-order valence-electron chi connectivity index (χ3n) is 2.26. The van der Waals surface area contributed by atoms with Crippen LogP contribution >= 0.6 is 0 Å². The lowest BCUT2D eigenvalue weighted by Gasteiger charge is -2.08. The molecule has 96 valence electrons. The minimum absolute atomic E-state index is 0.487. The molecule has 0 saturated heterocycles. The number of nitrogens with one attached hydrogen (secondary N) is 1. The van der Waals surface area contributed by atoms with Crippen LogP contribution in [0, 0.1) is 0 Å². The van der Waals surface area contributed by atoms with Crippen molar-refractivity contribution in [1.29, 1.82) is 0 Å². The number of unbranched alkanes of at least 4 members (excludes halogenated alkanes) is 2. The zero-order valence-corrected chi connectivity index (χ0v) is 10.4. The van der Waals surface area contributed by atoms with Crippen LogP contribution in [0.15, 0.2) is 6.07 Å². The number of rotatable bonds is 8. The highest BCUT2D eigenvalue weighted by Crippen LogP contribution is 2.17. The molecule has 0 bridgehead atoms. The van der Waals surface area contributed by atoms with Crippen molar-refractivity contribution in [2.24, 2.45) is 5.73 Å². The van der Waals surface area contributed by atoms with E-state index in [4.69, 9.17) is 15.2 Å². The average molecular weight is 240 g/mol. The molecule has 3 N–H and O–H groups in total. The van der Waals surface area contributed by atoms with Crippen LogP contribution in [-0.2, 0) is 0 Å². The zero-order chi connectivity index (χ0) is 12.5. The lowest BCUT2D eigenvalue weighted by atomic mass is 10.2. The molecule has 0 unspecified atom stereocenters. The minimum Gasteiger partial charge on any atom is -0.481 e. The molecule has 1 rings (SSSR count). The van der Waals surface area contributed by atoms with Gasteiger partial charge in [0.05, 0.1) is 20.3 Å². The van der Waals surface area contributed by atoms with E-state index in [0.29, 0.717) is 17.7 Å². The Morgan fingerprint density at radius 1 is 1.12 bits per heavy atom. The van der Waals surface area contributed by atoms with E-state index in [1.807, 2.05) is 0 Å². The van der Waals surface area contributed by atoms with Gasteiger partial charge >= 0.3 is 0 Å². The molecule has 0 aliphatic carbocycles. The Morgan fingerprint density at radius 3 is 2.29 bits per heavy atom. The molecule has 0 atom stereocenters. The van der Waals surface area contributed by atoms with Crippen LogP contribution in [0.25, 0.3) is 0 Å². The first-order valence-electron chi connectivity index (χ1n) is 5.71. The number of anilines is 1. The van der Waals surface area contributed by atoms with Crippen molar-refractivity contribution in [3.05, 3.63) is 6.07 Å². The highest BCUT2D eigenvalue weighted by atomic mass is 16.5. The lowest BCUT2D eigenvalue weighted by Crippen LogP contribution is -2.07. The molecule has 1 aromatic rings. The van der Waals surface area contributed by atoms with Gasteiger partial charge in [0.25, 0.3) is 0 Å². The first-order valence-corrected chi connectivity index (χ1v) is 5.71. The third kappa shape index (κ3) is 4.86. The van der Waals surface area contributed by atoms with Crippen LogP contribution in [0.4, 0.5) is 5.95 Å². The smallest absolute Gasteiger partial charge is 0.229 e. The highest BCUT2D eigenvalue weighted by Gasteiger charge is 2.04. The zero-order valence-electron chi connectivity index (χ0n) is 10.4. The van der Waals surface area contributed by atoms with E-state index in [9.17, 15) is 0 Å². The quantitative estimate of drug-likeness (QED) is 0.660. The fraction of sp³-hybridized carbons (Fsp3) is 0.636. The molecule has 0 radical (unpaired) electrons. The number of methoxy groups -OCH3 is 2. The Hall–Kier alpha value is -1.56. The maximum Gasteiger partial charge on any atom is 0.229 e. The van der Waals surface area contributed by atoms with Crippen molar-refractivity contribution in [3.8, 4) is 11.8 Å². The van der Waals surface area contributed by atoms with E-state index in [1.54, 1.807) is 20.3 Å². The predicted molar refractivity (Wildman–Crippen MR) is 66.5 cm³/mol. The summed E-state index contributed by atoms with van der Waals surface area (Å²) in [6.45, 7) is 1.56. The standard InChI is InChI=1S/C11H20N4O2/c1-16-9-8-10(17-2)15-11(14-9)13-7-5-3-4-6-12/h8H,3-7,12H2,1-2H3,(H,13,14,15). The van der Waals surface area contributed by atoms with Crippen LogP contribution in [0.5, 0.6) is 11.8 Å². The fourth-order valence-electron chi connectivity index (χ4n) is 1.34. The van der Waals surface area contributed by atoms with Gasteiger partial charge in [-0.25, -0.2) is 0 Å². The highest BCUT2D eigenvalue weighted by molar-refractivity contribution is 5.33. The number of hydrogen-bond acceptors (Lipinski definition) is 6. The van der Waals surface area contributed by atoms with Crippen LogP contribution in [0.1, 0.15) is 19.3 Å². The van der Waals surface area contributed by atoms with Gasteiger partial charge in [-0.05, 0) is 19.4 Å². The number of nitrogens with zero attached hydrogens (tertiary/aromatic N) is 2. The lowest BCUT2D eigenvalue weighted by molar-refractivity contribution is 0.373. The molecule has 17 heavy (non-hydrogen) atoms. The molecule has 0 fully saturated rings. The summed E-state index contributed by atoms with van der Waals surface area (Å²) in [7, 11) is 3.12. The SMILES string of the molecule is COc1cc(OC)nc(NCCCCCN)n1. The van der Waals surface area contributed by atoms with Gasteiger partial charge in [-0.1, -0.05) is 6.42 Å². The molecule has 0 aromatic carbocycles. The molecular formula is C11H20N4O2. The summed E-state index contributed by atoms with van der Waals surface area (Å²) < 4.78 is 10.1. The molecule has 1 aromatic heterocycles. The summed E-state index contributed by atoms with van der Waals surface area (Å²) in [5.74, 6) is 1.50. The summed E-state index contributed by atoms with van der Waals surface area (Å²) in [5.41, 5.74) is 5.42. The molecule has 0 aliphatic rings. The summed E-state index contributed by atoms with van der Waals surface area (Å²) in [6, 6.07) is 1.64. The van der Waals surface area contributed by atoms with Crippen LogP contribution in [-0.4, -0.2) is 37.3 Å². The Balaban J connectivity index is 2.46. The van der Waals surface area contributed by atoms with E-state index in [0.717, 1.165) is 32.4 Å². The summed E-state index contributed by atoms with van der Waals surface area (Å²) in [4.78, 5) is 8.34. The molecule has 6 nitrogen and oxygen atoms in total. The molecule has 0 saturated carbocycles. The first kappa shape index (κ1) is 13.5. The van der Waals surface area contributed by atoms with Gasteiger partial charge in [0.2, 0.25) is 17.7 Å². The fourth-order valence-corrected chi connectivity index (χ4v) is 1.34. The van der Waals surface area contributed by atoms with Crippen molar-refractivity contribution in [3.63, 3.8) is 0 Å². The van der Waals surface area contributed by atoms with Crippen molar-refractivity contribution in [2.75, 3.05) is 32.6 Å². The van der Waals surface area contributed by atoms with Crippen molar-refractivity contribution >= 4 is 5.95 Å². The Bertz CT molecular complexity index is 311. The number of ether oxygens (including phenoxy) is 2. The van der Waals surface area contributed by atoms with Gasteiger partial charge in [0, 0.05) is 6.54 Å². The van der Waals surface area contributed by atoms with Gasteiger partial charge in [-0.3, -0.25) is 0 Å². The number of hydrogen-bond donors (Lipinski definition) is 2. The first-order chi connectivity index (χ1) is 8.30. The van der Waals surface area contributed by atoms with Gasteiger partial charge in [0.1, 0.15) is 0 Å². The van der Waals surface area contributed by atoms with Gasteiger partial charge in [-0.15, -0.1) is 0 Å². The number of nitrogens with two attached hydrogens (primary N) is 1. The van der Waals surface area contributed by atoms with Crippen LogP contribution < -0.4 is 20.5 Å². The molecular weight excluding hydrogens is 220 g/mol. The second-order valence-corrected chi connectivity index (χ2v) is 3.55. The Morgan fingerprint density at radius 2 is 1.76 bits per heavy atom. The summed E-state index contributed by atoms with van der Waals surface area (Å²) >= 11 is 0. The maximum absolute atomic E-state index is 5.42. The summed E-state index contributed by atoms with van der Waals surface area (Å²) in [6.07, 6.45) is 3.19. The minimum atomic E-state index is 0.487. The molecule has 1 heterocycles. The normalized spacial score (nSPS) is 10.1. The molecule has 0 amide bonds. The van der Waals surface area contributed by atoms with Crippen molar-refractivity contribution < 1.29 is 9.47 Å². The topological polar surface area (TPSA) is 82.3 Å². The second kappa shape index (κ2) is 7.67. The second-order valence-electron chi connectivity index (χ2n) is 3.55. The average Bonchev–Trinajstić information content (AvgIpc) is 2.38. The van der Waals surface area contributed by atoms with E-state index in [-0.39, 0.29) is 0 Å². The van der Waals surface area contributed by atoms with Crippen molar-refractivity contribution in [1.82, 2.24) is 9.97 Å². The van der Waals surface area contributed by atoms with Crippen LogP contribution in [0.2, 0.25) is 0 Å². The monoisotopic (exact) mass is 240 g/mol. The van der Waals surface area contributed by atoms with Crippen molar-refractivity contribution in [2.45, 2.75) is 19.3 Å². The van der Waals surface area contributed by atoms with E-state index < -0.39 is 0 Å². The largest absolute Gasteiger partial charge is 0.481 e. The van der Waals surface area contributed by atoms with Gasteiger partial charge in [-0.2, -0.15) is 9.97 Å². The van der Waals surface area contributed by atoms with Crippen LogP contribution in [0.3, 0.4) is 0 Å². The molecule has 0 spiro atoms. The van der Waals surface area contributed by atoms with Gasteiger partial charge in [0.15, 0.2) is 0 Å². The Kier molecular flexibility index (Phi) is 6.09. The van der Waals surface area contributed by atoms with E-state index in [1.165, 1.54) is 0 Å². The maximum atomic E-state index is 5.42. The molecule has 6 heteroatoms. The van der Waals surface area contributed by atoms with Gasteiger partial charge < -0.3 is 20.5 Å². The number of aromatic nitrogens is 2. The summed E-state index contributed by atoms with van der Waals surface area (Å²) in [5, 5.41) is 3.13. The molecule has 0 aliphatic heterocycles. The van der Waals surface area contributed by atoms with E-state index >= 15 is 0 Å². The van der Waals surface area contributed by atoms with E-state index in [2.05, 4.69) is 15.3 Å².